The number of ether oxygens (including phenoxy) is 2. The third-order valence-electron chi connectivity index (χ3n) is 4.73. The van der Waals surface area contributed by atoms with Crippen molar-refractivity contribution < 1.29 is 23.6 Å². The molecule has 0 aliphatic carbocycles. The summed E-state index contributed by atoms with van der Waals surface area (Å²) in [6.45, 7) is 2.22. The van der Waals surface area contributed by atoms with Crippen LogP contribution in [0, 0.1) is 10.1 Å². The summed E-state index contributed by atoms with van der Waals surface area (Å²) in [7, 11) is 0. The molecule has 0 spiro atoms. The molecule has 0 amide bonds. The predicted molar refractivity (Wildman–Crippen MR) is 115 cm³/mol. The first-order valence-electron chi connectivity index (χ1n) is 9.72. The van der Waals surface area contributed by atoms with Crippen LogP contribution in [0.3, 0.4) is 0 Å². The number of non-ortho nitro benzene ring substituents is 1. The lowest BCUT2D eigenvalue weighted by atomic mass is 10.1. The molecule has 0 bridgehead atoms. The van der Waals surface area contributed by atoms with Crippen LogP contribution in [-0.2, 0) is 11.3 Å². The molecule has 1 aromatic heterocycles. The lowest BCUT2D eigenvalue weighted by molar-refractivity contribution is -0.384. The fourth-order valence-electron chi connectivity index (χ4n) is 3.25. The van der Waals surface area contributed by atoms with Gasteiger partial charge in [-0.15, -0.1) is 0 Å². The van der Waals surface area contributed by atoms with E-state index in [0.717, 1.165) is 11.1 Å². The van der Waals surface area contributed by atoms with E-state index in [2.05, 4.69) is 0 Å². The Morgan fingerprint density at radius 1 is 1.03 bits per heavy atom. The number of benzene rings is 3. The van der Waals surface area contributed by atoms with Crippen LogP contribution >= 0.6 is 0 Å². The molecule has 0 radical (unpaired) electrons. The molecule has 3 aromatic carbocycles. The van der Waals surface area contributed by atoms with Crippen LogP contribution in [-0.4, -0.2) is 17.5 Å². The Bertz CT molecular complexity index is 1230. The van der Waals surface area contributed by atoms with E-state index in [-0.39, 0.29) is 18.9 Å². The first kappa shape index (κ1) is 20.2. The van der Waals surface area contributed by atoms with Gasteiger partial charge in [0.15, 0.2) is 0 Å². The molecule has 7 nitrogen and oxygen atoms in total. The molecule has 0 saturated carbocycles. The monoisotopic (exact) mass is 417 g/mol. The molecule has 0 aliphatic heterocycles. The quantitative estimate of drug-likeness (QED) is 0.216. The molecule has 1 heterocycles. The van der Waals surface area contributed by atoms with Gasteiger partial charge in [0.1, 0.15) is 29.3 Å². The minimum atomic E-state index is -0.465. The van der Waals surface area contributed by atoms with E-state index in [1.54, 1.807) is 37.3 Å². The molecule has 4 rings (SSSR count). The van der Waals surface area contributed by atoms with Gasteiger partial charge in [-0.3, -0.25) is 10.1 Å². The predicted octanol–water partition coefficient (Wildman–Crippen LogP) is 5.76. The van der Waals surface area contributed by atoms with Crippen molar-refractivity contribution in [2.24, 2.45) is 0 Å². The third kappa shape index (κ3) is 4.25. The summed E-state index contributed by atoms with van der Waals surface area (Å²) in [6, 6.07) is 20.8. The zero-order valence-corrected chi connectivity index (χ0v) is 16.7. The number of rotatable bonds is 7. The van der Waals surface area contributed by atoms with Crippen molar-refractivity contribution in [2.75, 3.05) is 6.61 Å². The second-order valence-corrected chi connectivity index (χ2v) is 6.76. The van der Waals surface area contributed by atoms with Gasteiger partial charge in [0.2, 0.25) is 0 Å². The van der Waals surface area contributed by atoms with Crippen LogP contribution in [0.25, 0.3) is 22.3 Å². The van der Waals surface area contributed by atoms with Gasteiger partial charge in [0.25, 0.3) is 5.69 Å². The van der Waals surface area contributed by atoms with Gasteiger partial charge >= 0.3 is 5.97 Å². The van der Waals surface area contributed by atoms with Crippen molar-refractivity contribution in [1.29, 1.82) is 0 Å². The Balaban J connectivity index is 1.66. The molecular formula is C24H19NO6. The minimum absolute atomic E-state index is 0.0242. The summed E-state index contributed by atoms with van der Waals surface area (Å²) in [5, 5.41) is 11.4. The van der Waals surface area contributed by atoms with E-state index in [9.17, 15) is 14.9 Å². The van der Waals surface area contributed by atoms with Gasteiger partial charge in [-0.2, -0.15) is 0 Å². The first-order valence-corrected chi connectivity index (χ1v) is 9.72. The van der Waals surface area contributed by atoms with Crippen LogP contribution in [0.4, 0.5) is 5.69 Å². The van der Waals surface area contributed by atoms with Gasteiger partial charge in [0, 0.05) is 23.1 Å². The molecule has 0 atom stereocenters. The van der Waals surface area contributed by atoms with Gasteiger partial charge < -0.3 is 13.9 Å². The number of esters is 1. The SMILES string of the molecule is CCOC(=O)c1c(-c2ccccc2)oc2ccc(OCc3ccc([N+](=O)[O-])cc3)cc12. The zero-order chi connectivity index (χ0) is 21.8. The molecule has 0 unspecified atom stereocenters. The van der Waals surface area contributed by atoms with Crippen molar-refractivity contribution >= 4 is 22.6 Å². The van der Waals surface area contributed by atoms with Crippen LogP contribution in [0.2, 0.25) is 0 Å². The number of nitro groups is 1. The number of carbonyl (C=O) groups excluding carboxylic acids is 1. The zero-order valence-electron chi connectivity index (χ0n) is 16.7. The van der Waals surface area contributed by atoms with E-state index in [1.807, 2.05) is 30.3 Å². The highest BCUT2D eigenvalue weighted by Crippen LogP contribution is 2.36. The van der Waals surface area contributed by atoms with E-state index in [1.165, 1.54) is 12.1 Å². The highest BCUT2D eigenvalue weighted by molar-refractivity contribution is 6.09. The van der Waals surface area contributed by atoms with Crippen molar-refractivity contribution in [3.8, 4) is 17.1 Å². The second-order valence-electron chi connectivity index (χ2n) is 6.76. The van der Waals surface area contributed by atoms with Crippen LogP contribution in [0.15, 0.2) is 77.2 Å². The Morgan fingerprint density at radius 2 is 1.77 bits per heavy atom. The first-order chi connectivity index (χ1) is 15.1. The number of carbonyl (C=O) groups is 1. The largest absolute Gasteiger partial charge is 0.489 e. The standard InChI is InChI=1S/C24H19NO6/c1-2-29-24(26)22-20-14-19(30-15-16-8-10-18(11-9-16)25(27)28)12-13-21(20)31-23(22)17-6-4-3-5-7-17/h3-14H,2,15H2,1H3. The average molecular weight is 417 g/mol. The fraction of sp³-hybridized carbons (Fsp3) is 0.125. The smallest absolute Gasteiger partial charge is 0.342 e. The van der Waals surface area contributed by atoms with E-state index in [0.29, 0.717) is 28.0 Å². The van der Waals surface area contributed by atoms with E-state index >= 15 is 0 Å². The maximum atomic E-state index is 12.7. The summed E-state index contributed by atoms with van der Waals surface area (Å²) < 4.78 is 17.1. The Labute approximate surface area is 178 Å². The Morgan fingerprint density at radius 3 is 2.45 bits per heavy atom. The van der Waals surface area contributed by atoms with Crippen molar-refractivity contribution in [3.05, 3.63) is 94.0 Å². The topological polar surface area (TPSA) is 91.8 Å². The molecule has 156 valence electrons. The van der Waals surface area contributed by atoms with Crippen molar-refractivity contribution in [2.45, 2.75) is 13.5 Å². The lowest BCUT2D eigenvalue weighted by Gasteiger charge is -2.07. The molecule has 4 aromatic rings. The average Bonchev–Trinajstić information content (AvgIpc) is 3.17. The van der Waals surface area contributed by atoms with Gasteiger partial charge in [-0.25, -0.2) is 4.79 Å². The van der Waals surface area contributed by atoms with Crippen LogP contribution < -0.4 is 4.74 Å². The minimum Gasteiger partial charge on any atom is -0.489 e. The number of furan rings is 1. The molecule has 0 saturated heterocycles. The molecule has 0 fully saturated rings. The number of fused-ring (bicyclic) bond motifs is 1. The number of nitrogens with zero attached hydrogens (tertiary/aromatic N) is 1. The number of hydrogen-bond acceptors (Lipinski definition) is 6. The second kappa shape index (κ2) is 8.71. The molecule has 0 N–H and O–H groups in total. The lowest BCUT2D eigenvalue weighted by Crippen LogP contribution is -2.05. The summed E-state index contributed by atoms with van der Waals surface area (Å²) >= 11 is 0. The number of nitro benzene ring substituents is 1. The van der Waals surface area contributed by atoms with Gasteiger partial charge in [-0.05, 0) is 42.8 Å². The van der Waals surface area contributed by atoms with Gasteiger partial charge in [-0.1, -0.05) is 30.3 Å². The highest BCUT2D eigenvalue weighted by Gasteiger charge is 2.23. The normalized spacial score (nSPS) is 10.7. The molecule has 31 heavy (non-hydrogen) atoms. The highest BCUT2D eigenvalue weighted by atomic mass is 16.6. The molecule has 0 aliphatic rings. The Kier molecular flexibility index (Phi) is 5.66. The summed E-state index contributed by atoms with van der Waals surface area (Å²) in [4.78, 5) is 23.0. The molecule has 7 heteroatoms. The number of hydrogen-bond donors (Lipinski definition) is 0. The summed E-state index contributed by atoms with van der Waals surface area (Å²) in [5.74, 6) is 0.519. The maximum absolute atomic E-state index is 12.7. The van der Waals surface area contributed by atoms with Crippen LogP contribution in [0.1, 0.15) is 22.8 Å². The fourth-order valence-corrected chi connectivity index (χ4v) is 3.25. The summed E-state index contributed by atoms with van der Waals surface area (Å²) in [6.07, 6.45) is 0. The Hall–Kier alpha value is -4.13. The van der Waals surface area contributed by atoms with Crippen molar-refractivity contribution in [1.82, 2.24) is 0 Å². The van der Waals surface area contributed by atoms with E-state index < -0.39 is 10.9 Å². The van der Waals surface area contributed by atoms with Crippen LogP contribution in [0.5, 0.6) is 5.75 Å². The summed E-state index contributed by atoms with van der Waals surface area (Å²) in [5.41, 5.74) is 2.48. The maximum Gasteiger partial charge on any atom is 0.342 e. The van der Waals surface area contributed by atoms with E-state index in [4.69, 9.17) is 13.9 Å². The van der Waals surface area contributed by atoms with Gasteiger partial charge in [0.05, 0.1) is 11.5 Å². The third-order valence-corrected chi connectivity index (χ3v) is 4.73. The van der Waals surface area contributed by atoms with Crippen molar-refractivity contribution in [3.63, 3.8) is 0 Å². The molecular weight excluding hydrogens is 398 g/mol.